The first-order valence-electron chi connectivity index (χ1n) is 11.1. The van der Waals surface area contributed by atoms with Gasteiger partial charge in [-0.3, -0.25) is 9.78 Å². The van der Waals surface area contributed by atoms with Gasteiger partial charge < -0.3 is 35.3 Å². The fraction of sp³-hybridized carbons (Fsp3) is 0.292. The Morgan fingerprint density at radius 3 is 2.63 bits per heavy atom. The van der Waals surface area contributed by atoms with Crippen LogP contribution in [0.25, 0.3) is 10.9 Å². The van der Waals surface area contributed by atoms with E-state index < -0.39 is 12.2 Å². The van der Waals surface area contributed by atoms with Gasteiger partial charge in [-0.25, -0.2) is 4.79 Å². The summed E-state index contributed by atoms with van der Waals surface area (Å²) in [4.78, 5) is 28.5. The number of benzene rings is 2. The molecule has 4 N–H and O–H groups in total. The molecule has 0 bridgehead atoms. The number of fused-ring (bicyclic) bond motifs is 1. The smallest absolute Gasteiger partial charge is 0.319 e. The lowest BCUT2D eigenvalue weighted by Crippen LogP contribution is -2.30. The van der Waals surface area contributed by atoms with E-state index in [1.165, 1.54) is 0 Å². The lowest BCUT2D eigenvalue weighted by atomic mass is 10.1. The van der Waals surface area contributed by atoms with E-state index in [4.69, 9.17) is 36.3 Å². The van der Waals surface area contributed by atoms with Gasteiger partial charge in [0.05, 0.1) is 35.0 Å². The molecule has 0 spiro atoms. The van der Waals surface area contributed by atoms with Crippen molar-refractivity contribution in [1.29, 1.82) is 0 Å². The number of nitrogens with zero attached hydrogens (tertiary/aromatic N) is 1. The van der Waals surface area contributed by atoms with Gasteiger partial charge in [0.25, 0.3) is 5.91 Å². The van der Waals surface area contributed by atoms with Gasteiger partial charge in [-0.05, 0) is 37.1 Å². The number of halogens is 1. The van der Waals surface area contributed by atoms with Crippen molar-refractivity contribution in [1.82, 2.24) is 10.3 Å². The van der Waals surface area contributed by atoms with Crippen molar-refractivity contribution in [2.75, 3.05) is 25.1 Å². The molecule has 2 aromatic carbocycles. The Kier molecular flexibility index (Phi) is 6.58. The van der Waals surface area contributed by atoms with Gasteiger partial charge in [-0.15, -0.1) is 0 Å². The zero-order valence-electron chi connectivity index (χ0n) is 18.6. The Morgan fingerprint density at radius 1 is 1.11 bits per heavy atom. The molecule has 1 aliphatic heterocycles. The molecule has 3 aromatic rings. The lowest BCUT2D eigenvalue weighted by molar-refractivity contribution is -0.0684. The molecule has 35 heavy (non-hydrogen) atoms. The van der Waals surface area contributed by atoms with Gasteiger partial charge in [0, 0.05) is 29.8 Å². The summed E-state index contributed by atoms with van der Waals surface area (Å²) in [6.45, 7) is 1.09. The zero-order valence-corrected chi connectivity index (χ0v) is 19.3. The summed E-state index contributed by atoms with van der Waals surface area (Å²) in [5.41, 5.74) is 6.78. The number of nitrogens with one attached hydrogen (secondary N) is 2. The summed E-state index contributed by atoms with van der Waals surface area (Å²) in [7, 11) is 0. The van der Waals surface area contributed by atoms with Crippen molar-refractivity contribution in [2.24, 2.45) is 5.73 Å². The highest BCUT2D eigenvalue weighted by Gasteiger charge is 2.23. The Morgan fingerprint density at radius 2 is 1.91 bits per heavy atom. The molecular weight excluding hydrogens is 476 g/mol. The molecule has 0 unspecified atom stereocenters. The number of carbonyl (C=O) groups excluding carboxylic acids is 2. The van der Waals surface area contributed by atoms with Crippen LogP contribution in [-0.2, 0) is 9.47 Å². The number of nitrogens with two attached hydrogens (primary N) is 1. The first-order valence-corrected chi connectivity index (χ1v) is 11.5. The maximum Gasteiger partial charge on any atom is 0.319 e. The maximum absolute atomic E-state index is 12.1. The molecule has 3 amide bonds. The standard InChI is InChI=1S/C24H23ClN4O6/c25-17-9-14(3-4-18(17)29-24(31)28-13-1-2-13)35-20-5-6-27-19-11-21(16(23(26)30)10-15(19)20)34-12-22-32-7-8-33-22/h3-6,9-11,13,22H,1-2,7-8,12H2,(H2,26,30)(H2,28,29,31). The van der Waals surface area contributed by atoms with Crippen molar-refractivity contribution in [2.45, 2.75) is 25.2 Å². The summed E-state index contributed by atoms with van der Waals surface area (Å²) in [6.07, 6.45) is 3.05. The van der Waals surface area contributed by atoms with Crippen molar-refractivity contribution in [3.8, 4) is 17.2 Å². The number of hydrogen-bond acceptors (Lipinski definition) is 7. The number of amides is 3. The summed E-state index contributed by atoms with van der Waals surface area (Å²) < 4.78 is 22.5. The molecule has 2 heterocycles. The molecule has 0 radical (unpaired) electrons. The predicted molar refractivity (Wildman–Crippen MR) is 128 cm³/mol. The first-order chi connectivity index (χ1) is 17.0. The molecule has 5 rings (SSSR count). The van der Waals surface area contributed by atoms with Gasteiger partial charge in [0.2, 0.25) is 0 Å². The molecular formula is C24H23ClN4O6. The van der Waals surface area contributed by atoms with E-state index in [2.05, 4.69) is 15.6 Å². The van der Waals surface area contributed by atoms with E-state index in [-0.39, 0.29) is 30.0 Å². The average Bonchev–Trinajstić information content (AvgIpc) is 3.48. The summed E-state index contributed by atoms with van der Waals surface area (Å²) in [5.74, 6) is 0.492. The lowest BCUT2D eigenvalue weighted by Gasteiger charge is -2.15. The molecule has 0 atom stereocenters. The van der Waals surface area contributed by atoms with E-state index in [1.807, 2.05) is 0 Å². The third-order valence-corrected chi connectivity index (χ3v) is 5.78. The monoisotopic (exact) mass is 498 g/mol. The molecule has 1 saturated carbocycles. The minimum absolute atomic E-state index is 0.111. The van der Waals surface area contributed by atoms with Crippen LogP contribution in [0.4, 0.5) is 10.5 Å². The van der Waals surface area contributed by atoms with Gasteiger partial charge in [0.15, 0.2) is 6.29 Å². The van der Waals surface area contributed by atoms with Crippen molar-refractivity contribution in [3.05, 3.63) is 53.2 Å². The van der Waals surface area contributed by atoms with Crippen LogP contribution in [0, 0.1) is 0 Å². The number of ether oxygens (including phenoxy) is 4. The summed E-state index contributed by atoms with van der Waals surface area (Å²) >= 11 is 6.35. The maximum atomic E-state index is 12.1. The average molecular weight is 499 g/mol. The van der Waals surface area contributed by atoms with Crippen molar-refractivity contribution >= 4 is 40.1 Å². The molecule has 1 saturated heterocycles. The second kappa shape index (κ2) is 9.95. The van der Waals surface area contributed by atoms with Gasteiger partial charge >= 0.3 is 6.03 Å². The molecule has 2 fully saturated rings. The Balaban J connectivity index is 1.36. The number of rotatable bonds is 8. The SMILES string of the molecule is NC(=O)c1cc2c(Oc3ccc(NC(=O)NC4CC4)c(Cl)c3)ccnc2cc1OCC1OCCO1. The first kappa shape index (κ1) is 23.2. The quantitative estimate of drug-likeness (QED) is 0.430. The van der Waals surface area contributed by atoms with E-state index in [0.717, 1.165) is 12.8 Å². The second-order valence-electron chi connectivity index (χ2n) is 8.14. The van der Waals surface area contributed by atoms with E-state index in [9.17, 15) is 9.59 Å². The van der Waals surface area contributed by atoms with Crippen LogP contribution in [0.15, 0.2) is 42.6 Å². The number of urea groups is 1. The summed E-state index contributed by atoms with van der Waals surface area (Å²) in [5, 5.41) is 6.44. The normalized spacial score (nSPS) is 15.7. The zero-order chi connectivity index (χ0) is 24.4. The summed E-state index contributed by atoms with van der Waals surface area (Å²) in [6, 6.07) is 9.72. The van der Waals surface area contributed by atoms with Crippen LogP contribution in [0.5, 0.6) is 17.2 Å². The van der Waals surface area contributed by atoms with E-state index in [1.54, 1.807) is 42.6 Å². The molecule has 2 aliphatic rings. The van der Waals surface area contributed by atoms with Gasteiger partial charge in [-0.1, -0.05) is 11.6 Å². The van der Waals surface area contributed by atoms with Crippen LogP contribution in [0.1, 0.15) is 23.2 Å². The number of carbonyl (C=O) groups is 2. The number of hydrogen-bond donors (Lipinski definition) is 3. The minimum atomic E-state index is -0.659. The predicted octanol–water partition coefficient (Wildman–Crippen LogP) is 3.82. The van der Waals surface area contributed by atoms with E-state index in [0.29, 0.717) is 46.3 Å². The highest BCUT2D eigenvalue weighted by Crippen LogP contribution is 2.35. The number of anilines is 1. The van der Waals surface area contributed by atoms with Gasteiger partial charge in [0.1, 0.15) is 23.9 Å². The fourth-order valence-corrected chi connectivity index (χ4v) is 3.79. The Hall–Kier alpha value is -3.60. The number of primary amides is 1. The minimum Gasteiger partial charge on any atom is -0.487 e. The van der Waals surface area contributed by atoms with Crippen molar-refractivity contribution < 1.29 is 28.5 Å². The third-order valence-electron chi connectivity index (χ3n) is 5.46. The highest BCUT2D eigenvalue weighted by molar-refractivity contribution is 6.33. The topological polar surface area (TPSA) is 134 Å². The number of aromatic nitrogens is 1. The van der Waals surface area contributed by atoms with Crippen LogP contribution in [0.2, 0.25) is 5.02 Å². The van der Waals surface area contributed by atoms with Crippen LogP contribution in [0.3, 0.4) is 0 Å². The van der Waals surface area contributed by atoms with Crippen LogP contribution < -0.4 is 25.8 Å². The third kappa shape index (κ3) is 5.56. The van der Waals surface area contributed by atoms with Crippen LogP contribution >= 0.6 is 11.6 Å². The molecule has 1 aromatic heterocycles. The van der Waals surface area contributed by atoms with E-state index >= 15 is 0 Å². The highest BCUT2D eigenvalue weighted by atomic mass is 35.5. The molecule has 11 heteroatoms. The largest absolute Gasteiger partial charge is 0.487 e. The molecule has 182 valence electrons. The number of pyridine rings is 1. The Labute approximate surface area is 205 Å². The van der Waals surface area contributed by atoms with Crippen molar-refractivity contribution in [3.63, 3.8) is 0 Å². The molecule has 10 nitrogen and oxygen atoms in total. The molecule has 1 aliphatic carbocycles. The van der Waals surface area contributed by atoms with Crippen LogP contribution in [-0.4, -0.2) is 49.1 Å². The Bertz CT molecular complexity index is 1280. The second-order valence-corrected chi connectivity index (χ2v) is 8.54. The van der Waals surface area contributed by atoms with Gasteiger partial charge in [-0.2, -0.15) is 0 Å². The fourth-order valence-electron chi connectivity index (χ4n) is 3.57.